The molecule has 0 aliphatic carbocycles. The number of aromatic amines is 1. The van der Waals surface area contributed by atoms with E-state index < -0.39 is 16.6 Å². The van der Waals surface area contributed by atoms with Crippen molar-refractivity contribution in [2.45, 2.75) is 0 Å². The molecular weight excluding hydrogens is 202 g/mol. The topological polar surface area (TPSA) is 109 Å². The van der Waals surface area contributed by atoms with E-state index in [9.17, 15) is 14.9 Å². The van der Waals surface area contributed by atoms with Gasteiger partial charge in [-0.15, -0.1) is 0 Å². The summed E-state index contributed by atoms with van der Waals surface area (Å²) in [7, 11) is 0. The molecule has 0 unspecified atom stereocenters. The van der Waals surface area contributed by atoms with Gasteiger partial charge in [-0.1, -0.05) is 0 Å². The molecule has 0 spiro atoms. The Hall–Kier alpha value is -2.44. The van der Waals surface area contributed by atoms with Gasteiger partial charge in [0.2, 0.25) is 0 Å². The predicted octanol–water partition coefficient (Wildman–Crippen LogP) is 1.17. The van der Waals surface area contributed by atoms with Gasteiger partial charge in [-0.05, 0) is 6.07 Å². The van der Waals surface area contributed by atoms with Crippen LogP contribution >= 0.6 is 0 Å². The Kier molecular flexibility index (Phi) is 1.86. The maximum absolute atomic E-state index is 10.8. The van der Waals surface area contributed by atoms with Crippen LogP contribution in [0.1, 0.15) is 10.4 Å². The number of benzene rings is 1. The highest BCUT2D eigenvalue weighted by molar-refractivity contribution is 5.97. The van der Waals surface area contributed by atoms with Gasteiger partial charge in [0.1, 0.15) is 5.56 Å². The first-order chi connectivity index (χ1) is 7.09. The molecule has 0 aliphatic rings. The smallest absolute Gasteiger partial charge is 0.342 e. The fourth-order valence-corrected chi connectivity index (χ4v) is 1.29. The van der Waals surface area contributed by atoms with Crippen LogP contribution in [0.2, 0.25) is 0 Å². The summed E-state index contributed by atoms with van der Waals surface area (Å²) < 4.78 is 0. The monoisotopic (exact) mass is 207 g/mol. The number of hydrogen-bond donors (Lipinski definition) is 2. The minimum Gasteiger partial charge on any atom is -0.477 e. The molecule has 0 atom stereocenters. The third-order valence-electron chi connectivity index (χ3n) is 1.96. The molecule has 0 saturated carbocycles. The predicted molar refractivity (Wildman–Crippen MR) is 49.7 cm³/mol. The van der Waals surface area contributed by atoms with E-state index in [1.165, 1.54) is 12.4 Å². The number of nitrogens with one attached hydrogen (secondary N) is 1. The Balaban J connectivity index is 2.79. The number of nitro benzene ring substituents is 1. The van der Waals surface area contributed by atoms with E-state index in [-0.39, 0.29) is 5.56 Å². The van der Waals surface area contributed by atoms with Gasteiger partial charge in [0.25, 0.3) is 5.69 Å². The molecule has 1 aromatic heterocycles. The molecule has 2 aromatic rings. The Morgan fingerprint density at radius 1 is 1.53 bits per heavy atom. The van der Waals surface area contributed by atoms with Gasteiger partial charge in [-0.3, -0.25) is 10.1 Å². The fourth-order valence-electron chi connectivity index (χ4n) is 1.29. The summed E-state index contributed by atoms with van der Waals surface area (Å²) in [5, 5.41) is 19.4. The van der Waals surface area contributed by atoms with Crippen molar-refractivity contribution in [3.63, 3.8) is 0 Å². The summed E-state index contributed by atoms with van der Waals surface area (Å²) in [6, 6.07) is 2.33. The molecule has 0 saturated heterocycles. The van der Waals surface area contributed by atoms with Crippen LogP contribution in [0.3, 0.4) is 0 Å². The fraction of sp³-hybridized carbons (Fsp3) is 0. The quantitative estimate of drug-likeness (QED) is 0.567. The van der Waals surface area contributed by atoms with E-state index in [2.05, 4.69) is 9.97 Å². The number of H-pyrrole nitrogens is 1. The molecule has 15 heavy (non-hydrogen) atoms. The number of aromatic carboxylic acids is 1. The summed E-state index contributed by atoms with van der Waals surface area (Å²) in [4.78, 5) is 27.1. The summed E-state index contributed by atoms with van der Waals surface area (Å²) in [5.74, 6) is -1.34. The van der Waals surface area contributed by atoms with E-state index in [1.807, 2.05) is 0 Å². The zero-order valence-corrected chi connectivity index (χ0v) is 7.30. The van der Waals surface area contributed by atoms with E-state index in [4.69, 9.17) is 5.11 Å². The lowest BCUT2D eigenvalue weighted by atomic mass is 10.1. The van der Waals surface area contributed by atoms with Gasteiger partial charge < -0.3 is 10.1 Å². The first-order valence-corrected chi connectivity index (χ1v) is 3.94. The average Bonchev–Trinajstić information content (AvgIpc) is 2.61. The second kappa shape index (κ2) is 3.05. The molecule has 76 valence electrons. The van der Waals surface area contributed by atoms with E-state index in [0.29, 0.717) is 11.0 Å². The molecule has 1 aromatic carbocycles. The number of rotatable bonds is 2. The van der Waals surface area contributed by atoms with Crippen LogP contribution in [-0.2, 0) is 0 Å². The highest BCUT2D eigenvalue weighted by Crippen LogP contribution is 2.23. The molecule has 1 heterocycles. The Morgan fingerprint density at radius 2 is 2.27 bits per heavy atom. The normalized spacial score (nSPS) is 10.4. The lowest BCUT2D eigenvalue weighted by Crippen LogP contribution is -2.02. The number of nitrogens with zero attached hydrogens (tertiary/aromatic N) is 2. The molecule has 7 heteroatoms. The largest absolute Gasteiger partial charge is 0.477 e. The molecule has 2 rings (SSSR count). The van der Waals surface area contributed by atoms with Crippen LogP contribution < -0.4 is 0 Å². The highest BCUT2D eigenvalue weighted by Gasteiger charge is 2.21. The van der Waals surface area contributed by atoms with E-state index in [0.717, 1.165) is 6.07 Å². The van der Waals surface area contributed by atoms with Gasteiger partial charge in [-0.25, -0.2) is 9.78 Å². The minimum atomic E-state index is -1.34. The highest BCUT2D eigenvalue weighted by atomic mass is 16.6. The molecule has 0 bridgehead atoms. The SMILES string of the molecule is O=C(O)c1cc2[nH]cnc2cc1[N+](=O)[O-]. The lowest BCUT2D eigenvalue weighted by Gasteiger charge is -1.97. The number of nitro groups is 1. The summed E-state index contributed by atoms with van der Waals surface area (Å²) in [6.45, 7) is 0. The average molecular weight is 207 g/mol. The minimum absolute atomic E-state index is 0.350. The Labute approximate surface area is 82.5 Å². The Morgan fingerprint density at radius 3 is 2.87 bits per heavy atom. The first-order valence-electron chi connectivity index (χ1n) is 3.94. The van der Waals surface area contributed by atoms with Crippen molar-refractivity contribution < 1.29 is 14.8 Å². The molecule has 0 aliphatic heterocycles. The van der Waals surface area contributed by atoms with Crippen LogP contribution in [0.4, 0.5) is 5.69 Å². The molecular formula is C8H5N3O4. The van der Waals surface area contributed by atoms with Gasteiger partial charge in [0.05, 0.1) is 22.3 Å². The maximum Gasteiger partial charge on any atom is 0.342 e. The maximum atomic E-state index is 10.8. The number of carbonyl (C=O) groups is 1. The standard InChI is InChI=1S/C8H5N3O4/c12-8(13)4-1-5-6(10-3-9-5)2-7(4)11(14)15/h1-3H,(H,9,10)(H,12,13). The molecule has 2 N–H and O–H groups in total. The van der Waals surface area contributed by atoms with E-state index in [1.54, 1.807) is 0 Å². The number of hydrogen-bond acceptors (Lipinski definition) is 4. The van der Waals surface area contributed by atoms with Crippen molar-refractivity contribution in [1.29, 1.82) is 0 Å². The van der Waals surface area contributed by atoms with Crippen molar-refractivity contribution in [3.8, 4) is 0 Å². The lowest BCUT2D eigenvalue weighted by molar-refractivity contribution is -0.385. The first kappa shape index (κ1) is 9.13. The Bertz CT molecular complexity index is 512. The zero-order chi connectivity index (χ0) is 11.0. The summed E-state index contributed by atoms with van der Waals surface area (Å²) in [5.41, 5.74) is 0.0172. The van der Waals surface area contributed by atoms with E-state index >= 15 is 0 Å². The summed E-state index contributed by atoms with van der Waals surface area (Å²) in [6.07, 6.45) is 1.35. The second-order valence-corrected chi connectivity index (χ2v) is 2.85. The van der Waals surface area contributed by atoms with Gasteiger partial charge in [0, 0.05) is 6.07 Å². The van der Waals surface area contributed by atoms with Crippen LogP contribution in [0.15, 0.2) is 18.5 Å². The third-order valence-corrected chi connectivity index (χ3v) is 1.96. The van der Waals surface area contributed by atoms with Crippen molar-refractivity contribution in [2.24, 2.45) is 0 Å². The van der Waals surface area contributed by atoms with Crippen molar-refractivity contribution in [2.75, 3.05) is 0 Å². The van der Waals surface area contributed by atoms with Crippen LogP contribution in [0.5, 0.6) is 0 Å². The van der Waals surface area contributed by atoms with Gasteiger partial charge in [0.15, 0.2) is 0 Å². The molecule has 0 fully saturated rings. The molecule has 0 radical (unpaired) electrons. The number of carboxylic acid groups (broad SMARTS) is 1. The molecule has 0 amide bonds. The van der Waals surface area contributed by atoms with Crippen LogP contribution in [-0.4, -0.2) is 26.0 Å². The second-order valence-electron chi connectivity index (χ2n) is 2.85. The van der Waals surface area contributed by atoms with Crippen molar-refractivity contribution >= 4 is 22.7 Å². The summed E-state index contributed by atoms with van der Waals surface area (Å²) >= 11 is 0. The van der Waals surface area contributed by atoms with Crippen molar-refractivity contribution in [1.82, 2.24) is 9.97 Å². The van der Waals surface area contributed by atoms with Crippen molar-refractivity contribution in [3.05, 3.63) is 34.1 Å². The van der Waals surface area contributed by atoms with Gasteiger partial charge in [-0.2, -0.15) is 0 Å². The van der Waals surface area contributed by atoms with Crippen LogP contribution in [0.25, 0.3) is 11.0 Å². The third kappa shape index (κ3) is 1.39. The molecule has 7 nitrogen and oxygen atoms in total. The number of aromatic nitrogens is 2. The zero-order valence-electron chi connectivity index (χ0n) is 7.30. The van der Waals surface area contributed by atoms with Gasteiger partial charge >= 0.3 is 5.97 Å². The van der Waals surface area contributed by atoms with Crippen LogP contribution in [0, 0.1) is 10.1 Å². The number of imidazole rings is 1. The number of fused-ring (bicyclic) bond motifs is 1. The number of carboxylic acids is 1.